The maximum absolute atomic E-state index is 4.76. The van der Waals surface area contributed by atoms with Crippen LogP contribution in [0.4, 0.5) is 11.8 Å². The Balaban J connectivity index is 1.62. The largest absolute Gasteiger partial charge is 0.356 e. The Kier molecular flexibility index (Phi) is 5.26. The average Bonchev–Trinajstić information content (AvgIpc) is 2.54. The molecule has 3 rings (SSSR count). The monoisotopic (exact) mass is 338 g/mol. The molecule has 2 aromatic rings. The maximum atomic E-state index is 4.76. The topological polar surface area (TPSA) is 41.1 Å². The quantitative estimate of drug-likeness (QED) is 0.894. The highest BCUT2D eigenvalue weighted by Gasteiger charge is 2.21. The van der Waals surface area contributed by atoms with Crippen LogP contribution in [0.25, 0.3) is 0 Å². The Labute approximate surface area is 151 Å². The second kappa shape index (κ2) is 7.42. The van der Waals surface area contributed by atoms with Gasteiger partial charge in [0.15, 0.2) is 0 Å². The number of nitrogens with one attached hydrogen (secondary N) is 1. The zero-order chi connectivity index (χ0) is 17.9. The summed E-state index contributed by atoms with van der Waals surface area (Å²) in [6, 6.07) is 12.9. The van der Waals surface area contributed by atoms with Crippen LogP contribution in [0, 0.1) is 12.8 Å². The smallest absolute Gasteiger partial charge is 0.225 e. The Bertz CT molecular complexity index is 683. The Morgan fingerprint density at radius 1 is 1.08 bits per heavy atom. The van der Waals surface area contributed by atoms with Crippen LogP contribution in [-0.2, 0) is 6.42 Å². The molecule has 1 aliphatic rings. The van der Waals surface area contributed by atoms with E-state index in [1.807, 2.05) is 6.92 Å². The Morgan fingerprint density at radius 2 is 1.76 bits per heavy atom. The molecule has 0 radical (unpaired) electrons. The summed E-state index contributed by atoms with van der Waals surface area (Å²) in [7, 11) is 0. The molecule has 1 N–H and O–H groups in total. The molecule has 1 fully saturated rings. The van der Waals surface area contributed by atoms with Gasteiger partial charge in [0.2, 0.25) is 5.95 Å². The number of benzene rings is 1. The SMILES string of the molecule is Cc1cc(N2CCC(Cc3ccccc3)CC2)nc(NC(C)(C)C)n1. The molecule has 4 nitrogen and oxygen atoms in total. The fourth-order valence-electron chi connectivity index (χ4n) is 3.42. The molecular weight excluding hydrogens is 308 g/mol. The second-order valence-corrected chi connectivity index (χ2v) is 8.19. The van der Waals surface area contributed by atoms with Crippen LogP contribution in [0.15, 0.2) is 36.4 Å². The minimum absolute atomic E-state index is 0.0340. The van der Waals surface area contributed by atoms with E-state index in [9.17, 15) is 0 Å². The summed E-state index contributed by atoms with van der Waals surface area (Å²) >= 11 is 0. The van der Waals surface area contributed by atoms with Gasteiger partial charge in [-0.2, -0.15) is 4.98 Å². The van der Waals surface area contributed by atoms with E-state index in [0.29, 0.717) is 0 Å². The van der Waals surface area contributed by atoms with Crippen molar-refractivity contribution in [2.24, 2.45) is 5.92 Å². The van der Waals surface area contributed by atoms with Crippen molar-refractivity contribution in [1.29, 1.82) is 0 Å². The lowest BCUT2D eigenvalue weighted by molar-refractivity contribution is 0.402. The van der Waals surface area contributed by atoms with Crippen molar-refractivity contribution < 1.29 is 0 Å². The summed E-state index contributed by atoms with van der Waals surface area (Å²) in [5.74, 6) is 2.56. The molecule has 25 heavy (non-hydrogen) atoms. The first-order valence-corrected chi connectivity index (χ1v) is 9.32. The summed E-state index contributed by atoms with van der Waals surface area (Å²) < 4.78 is 0. The van der Waals surface area contributed by atoms with Gasteiger partial charge in [-0.3, -0.25) is 0 Å². The van der Waals surface area contributed by atoms with E-state index in [4.69, 9.17) is 4.98 Å². The van der Waals surface area contributed by atoms with Gasteiger partial charge in [0.1, 0.15) is 5.82 Å². The third-order valence-electron chi connectivity index (χ3n) is 4.63. The van der Waals surface area contributed by atoms with Gasteiger partial charge in [0, 0.05) is 30.4 Å². The van der Waals surface area contributed by atoms with Crippen LogP contribution in [0.1, 0.15) is 44.9 Å². The molecule has 4 heteroatoms. The van der Waals surface area contributed by atoms with Crippen LogP contribution in [0.3, 0.4) is 0 Å². The van der Waals surface area contributed by atoms with Crippen molar-refractivity contribution in [2.45, 2.75) is 52.5 Å². The third kappa shape index (κ3) is 5.18. The van der Waals surface area contributed by atoms with Gasteiger partial charge in [-0.15, -0.1) is 0 Å². The van der Waals surface area contributed by atoms with E-state index >= 15 is 0 Å². The molecule has 0 unspecified atom stereocenters. The summed E-state index contributed by atoms with van der Waals surface area (Å²) in [4.78, 5) is 11.7. The Hall–Kier alpha value is -2.10. The highest BCUT2D eigenvalue weighted by atomic mass is 15.2. The van der Waals surface area contributed by atoms with E-state index in [0.717, 1.165) is 36.5 Å². The number of rotatable bonds is 4. The minimum atomic E-state index is -0.0340. The van der Waals surface area contributed by atoms with Crippen molar-refractivity contribution >= 4 is 11.8 Å². The van der Waals surface area contributed by atoms with Crippen molar-refractivity contribution in [2.75, 3.05) is 23.3 Å². The highest BCUT2D eigenvalue weighted by Crippen LogP contribution is 2.26. The van der Waals surface area contributed by atoms with E-state index in [1.54, 1.807) is 0 Å². The number of aryl methyl sites for hydroxylation is 1. The Morgan fingerprint density at radius 3 is 2.40 bits per heavy atom. The fraction of sp³-hybridized carbons (Fsp3) is 0.524. The lowest BCUT2D eigenvalue weighted by Crippen LogP contribution is -2.35. The molecule has 0 bridgehead atoms. The molecule has 1 aliphatic heterocycles. The summed E-state index contributed by atoms with van der Waals surface area (Å²) in [6.45, 7) is 10.6. The van der Waals surface area contributed by atoms with E-state index in [1.165, 1.54) is 24.8 Å². The summed E-state index contributed by atoms with van der Waals surface area (Å²) in [5.41, 5.74) is 2.44. The molecule has 0 spiro atoms. The highest BCUT2D eigenvalue weighted by molar-refractivity contribution is 5.45. The van der Waals surface area contributed by atoms with E-state index in [-0.39, 0.29) is 5.54 Å². The maximum Gasteiger partial charge on any atom is 0.225 e. The lowest BCUT2D eigenvalue weighted by Gasteiger charge is -2.33. The average molecular weight is 338 g/mol. The van der Waals surface area contributed by atoms with Gasteiger partial charge in [-0.25, -0.2) is 4.98 Å². The minimum Gasteiger partial charge on any atom is -0.356 e. The van der Waals surface area contributed by atoms with Crippen LogP contribution >= 0.6 is 0 Å². The zero-order valence-electron chi connectivity index (χ0n) is 15.9. The fourth-order valence-corrected chi connectivity index (χ4v) is 3.42. The number of aromatic nitrogens is 2. The van der Waals surface area contributed by atoms with Crippen molar-refractivity contribution in [3.05, 3.63) is 47.7 Å². The van der Waals surface area contributed by atoms with Crippen molar-refractivity contribution in [3.63, 3.8) is 0 Å². The van der Waals surface area contributed by atoms with Crippen LogP contribution in [0.2, 0.25) is 0 Å². The number of hydrogen-bond donors (Lipinski definition) is 1. The van der Waals surface area contributed by atoms with Crippen molar-refractivity contribution in [1.82, 2.24) is 9.97 Å². The molecule has 2 heterocycles. The number of anilines is 2. The van der Waals surface area contributed by atoms with Crippen LogP contribution in [-0.4, -0.2) is 28.6 Å². The normalized spacial score (nSPS) is 16.1. The van der Waals surface area contributed by atoms with E-state index in [2.05, 4.69) is 72.4 Å². The number of hydrogen-bond acceptors (Lipinski definition) is 4. The predicted molar refractivity (Wildman–Crippen MR) is 105 cm³/mol. The molecular formula is C21H30N4. The van der Waals surface area contributed by atoms with Crippen molar-refractivity contribution in [3.8, 4) is 0 Å². The van der Waals surface area contributed by atoms with Crippen LogP contribution < -0.4 is 10.2 Å². The third-order valence-corrected chi connectivity index (χ3v) is 4.63. The van der Waals surface area contributed by atoms with Gasteiger partial charge in [-0.05, 0) is 58.4 Å². The molecule has 1 saturated heterocycles. The van der Waals surface area contributed by atoms with Gasteiger partial charge in [0.25, 0.3) is 0 Å². The first-order valence-electron chi connectivity index (χ1n) is 9.32. The molecule has 1 aromatic carbocycles. The second-order valence-electron chi connectivity index (χ2n) is 8.19. The molecule has 1 aromatic heterocycles. The van der Waals surface area contributed by atoms with Gasteiger partial charge >= 0.3 is 0 Å². The zero-order valence-corrected chi connectivity index (χ0v) is 15.9. The molecule has 0 amide bonds. The summed E-state index contributed by atoms with van der Waals surface area (Å²) in [5, 5.41) is 3.39. The van der Waals surface area contributed by atoms with E-state index < -0.39 is 0 Å². The lowest BCUT2D eigenvalue weighted by atomic mass is 9.90. The molecule has 0 atom stereocenters. The van der Waals surface area contributed by atoms with Crippen LogP contribution in [0.5, 0.6) is 0 Å². The first-order chi connectivity index (χ1) is 11.9. The summed E-state index contributed by atoms with van der Waals surface area (Å²) in [6.07, 6.45) is 3.63. The van der Waals surface area contributed by atoms with Gasteiger partial charge in [0.05, 0.1) is 0 Å². The number of piperidine rings is 1. The number of nitrogens with zero attached hydrogens (tertiary/aromatic N) is 3. The molecule has 0 aliphatic carbocycles. The van der Waals surface area contributed by atoms with Gasteiger partial charge in [-0.1, -0.05) is 30.3 Å². The predicted octanol–water partition coefficient (Wildman–Crippen LogP) is 4.45. The molecule has 0 saturated carbocycles. The first kappa shape index (κ1) is 17.7. The standard InChI is InChI=1S/C21H30N4/c1-16-14-19(23-20(22-16)24-21(2,3)4)25-12-10-18(11-13-25)15-17-8-6-5-7-9-17/h5-9,14,18H,10-13,15H2,1-4H3,(H,22,23,24). The van der Waals surface area contributed by atoms with Gasteiger partial charge < -0.3 is 10.2 Å². The molecule has 134 valence electrons.